The van der Waals surface area contributed by atoms with E-state index in [4.69, 9.17) is 11.6 Å². The first-order chi connectivity index (χ1) is 9.23. The summed E-state index contributed by atoms with van der Waals surface area (Å²) in [5, 5.41) is -0.223. The van der Waals surface area contributed by atoms with E-state index in [2.05, 4.69) is 0 Å². The molecule has 0 atom stereocenters. The molecule has 0 bridgehead atoms. The molecule has 0 saturated heterocycles. The van der Waals surface area contributed by atoms with E-state index in [0.717, 1.165) is 6.07 Å². The SMILES string of the molecule is CCn1cc(NS(=O)(=O)[O-])c(=O)c2cc(F)c(Cl)cc21. The smallest absolute Gasteiger partial charge is 0.213 e. The third-order valence-electron chi connectivity index (χ3n) is 2.70. The fraction of sp³-hybridized carbons (Fsp3) is 0.182. The van der Waals surface area contributed by atoms with Crippen molar-refractivity contribution in [3.8, 4) is 0 Å². The van der Waals surface area contributed by atoms with Gasteiger partial charge in [0.15, 0.2) is 10.3 Å². The minimum Gasteiger partial charge on any atom is -0.731 e. The second-order valence-corrected chi connectivity index (χ2v) is 5.52. The topological polar surface area (TPSA) is 91.2 Å². The first-order valence-electron chi connectivity index (χ1n) is 5.48. The Morgan fingerprint density at radius 3 is 2.65 bits per heavy atom. The van der Waals surface area contributed by atoms with E-state index >= 15 is 0 Å². The van der Waals surface area contributed by atoms with Crippen molar-refractivity contribution >= 4 is 38.5 Å². The molecule has 0 aliphatic heterocycles. The van der Waals surface area contributed by atoms with Gasteiger partial charge in [-0.2, -0.15) is 0 Å². The Labute approximate surface area is 118 Å². The molecule has 0 fully saturated rings. The number of benzene rings is 1. The van der Waals surface area contributed by atoms with Crippen LogP contribution in [0.25, 0.3) is 10.9 Å². The Kier molecular flexibility index (Phi) is 3.72. The van der Waals surface area contributed by atoms with Gasteiger partial charge < -0.3 is 9.12 Å². The number of halogens is 2. The van der Waals surface area contributed by atoms with Gasteiger partial charge in [-0.05, 0) is 19.1 Å². The molecule has 0 spiro atoms. The highest BCUT2D eigenvalue weighted by molar-refractivity contribution is 7.87. The Morgan fingerprint density at radius 1 is 1.45 bits per heavy atom. The minimum absolute atomic E-state index is 0.0672. The standard InChI is InChI=1S/C11H10ClFN2O4S/c1-2-15-5-9(14-20(17,18)19)11(16)6-3-8(13)7(12)4-10(6)15/h3-5,14H,2H2,1H3,(H,17,18,19)/p-1. The second kappa shape index (κ2) is 5.04. The zero-order valence-corrected chi connectivity index (χ0v) is 11.8. The predicted molar refractivity (Wildman–Crippen MR) is 72.2 cm³/mol. The third kappa shape index (κ3) is 2.77. The Bertz CT molecular complexity index is 848. The second-order valence-electron chi connectivity index (χ2n) is 4.00. The van der Waals surface area contributed by atoms with Gasteiger partial charge in [0, 0.05) is 12.7 Å². The summed E-state index contributed by atoms with van der Waals surface area (Å²) in [6, 6.07) is 2.18. The van der Waals surface area contributed by atoms with Crippen LogP contribution in [-0.4, -0.2) is 17.5 Å². The maximum atomic E-state index is 13.5. The fourth-order valence-corrected chi connectivity index (χ4v) is 2.43. The van der Waals surface area contributed by atoms with Gasteiger partial charge in [-0.15, -0.1) is 0 Å². The van der Waals surface area contributed by atoms with E-state index in [1.807, 2.05) is 0 Å². The summed E-state index contributed by atoms with van der Waals surface area (Å²) < 4.78 is 48.6. The molecule has 0 aliphatic carbocycles. The average molecular weight is 320 g/mol. The molecule has 1 N–H and O–H groups in total. The van der Waals surface area contributed by atoms with Crippen molar-refractivity contribution in [1.29, 1.82) is 0 Å². The normalized spacial score (nSPS) is 11.8. The summed E-state index contributed by atoms with van der Waals surface area (Å²) in [5.41, 5.74) is -0.881. The van der Waals surface area contributed by atoms with Crippen molar-refractivity contribution in [2.45, 2.75) is 13.5 Å². The van der Waals surface area contributed by atoms with Gasteiger partial charge in [0.05, 0.1) is 15.9 Å². The van der Waals surface area contributed by atoms with E-state index in [0.29, 0.717) is 12.1 Å². The lowest BCUT2D eigenvalue weighted by Gasteiger charge is -2.15. The molecular weight excluding hydrogens is 311 g/mol. The molecule has 0 aliphatic rings. The van der Waals surface area contributed by atoms with Crippen molar-refractivity contribution < 1.29 is 17.4 Å². The summed E-state index contributed by atoms with van der Waals surface area (Å²) in [4.78, 5) is 12.0. The summed E-state index contributed by atoms with van der Waals surface area (Å²) >= 11 is 5.66. The molecule has 6 nitrogen and oxygen atoms in total. The molecular formula is C11H9ClFN2O4S-. The third-order valence-corrected chi connectivity index (χ3v) is 3.46. The van der Waals surface area contributed by atoms with E-state index < -0.39 is 27.2 Å². The molecule has 0 unspecified atom stereocenters. The molecule has 2 aromatic rings. The lowest BCUT2D eigenvalue weighted by Crippen LogP contribution is -2.20. The molecule has 108 valence electrons. The van der Waals surface area contributed by atoms with Gasteiger partial charge in [-0.1, -0.05) is 11.6 Å². The molecule has 0 saturated carbocycles. The van der Waals surface area contributed by atoms with Gasteiger partial charge in [-0.3, -0.25) is 9.52 Å². The van der Waals surface area contributed by atoms with Crippen LogP contribution >= 0.6 is 11.6 Å². The summed E-state index contributed by atoms with van der Waals surface area (Å²) in [6.07, 6.45) is 1.17. The van der Waals surface area contributed by atoms with E-state index in [1.165, 1.54) is 16.8 Å². The van der Waals surface area contributed by atoms with Crippen molar-refractivity contribution in [2.24, 2.45) is 0 Å². The predicted octanol–water partition coefficient (Wildman–Crippen LogP) is 1.69. The van der Waals surface area contributed by atoms with Crippen LogP contribution < -0.4 is 10.2 Å². The van der Waals surface area contributed by atoms with Gasteiger partial charge in [-0.25, -0.2) is 12.8 Å². The number of anilines is 1. The van der Waals surface area contributed by atoms with Crippen molar-refractivity contribution in [3.05, 3.63) is 39.4 Å². The molecule has 2 rings (SSSR count). The van der Waals surface area contributed by atoms with Crippen LogP contribution in [0.2, 0.25) is 5.02 Å². The van der Waals surface area contributed by atoms with Crippen molar-refractivity contribution in [1.82, 2.24) is 4.57 Å². The average Bonchev–Trinajstić information content (AvgIpc) is 2.34. The molecule has 9 heteroatoms. The molecule has 1 heterocycles. The van der Waals surface area contributed by atoms with E-state index in [9.17, 15) is 22.2 Å². The maximum Gasteiger partial charge on any atom is 0.213 e. The lowest BCUT2D eigenvalue weighted by molar-refractivity contribution is 0.469. The van der Waals surface area contributed by atoms with Gasteiger partial charge in [0.25, 0.3) is 0 Å². The first kappa shape index (κ1) is 14.8. The van der Waals surface area contributed by atoms with Crippen LogP contribution in [0.5, 0.6) is 0 Å². The quantitative estimate of drug-likeness (QED) is 0.871. The van der Waals surface area contributed by atoms with Crippen LogP contribution in [0.4, 0.5) is 10.1 Å². The van der Waals surface area contributed by atoms with Gasteiger partial charge >= 0.3 is 0 Å². The largest absolute Gasteiger partial charge is 0.731 e. The highest BCUT2D eigenvalue weighted by Crippen LogP contribution is 2.22. The number of aromatic nitrogens is 1. The highest BCUT2D eigenvalue weighted by Gasteiger charge is 2.13. The van der Waals surface area contributed by atoms with Crippen LogP contribution in [-0.2, 0) is 16.8 Å². The maximum absolute atomic E-state index is 13.5. The molecule has 0 amide bonds. The Balaban J connectivity index is 2.85. The Hall–Kier alpha value is -1.64. The number of fused-ring (bicyclic) bond motifs is 1. The number of rotatable bonds is 3. The van der Waals surface area contributed by atoms with E-state index in [-0.39, 0.29) is 10.4 Å². The van der Waals surface area contributed by atoms with Crippen LogP contribution in [0.3, 0.4) is 0 Å². The highest BCUT2D eigenvalue weighted by atomic mass is 35.5. The fourth-order valence-electron chi connectivity index (χ4n) is 1.85. The molecule has 1 aromatic heterocycles. The van der Waals surface area contributed by atoms with E-state index in [1.54, 1.807) is 11.6 Å². The number of nitrogens with one attached hydrogen (secondary N) is 1. The lowest BCUT2D eigenvalue weighted by atomic mass is 10.2. The summed E-state index contributed by atoms with van der Waals surface area (Å²) in [6.45, 7) is 2.10. The number of hydrogen-bond acceptors (Lipinski definition) is 4. The van der Waals surface area contributed by atoms with Crippen LogP contribution in [0.1, 0.15) is 6.92 Å². The monoisotopic (exact) mass is 319 g/mol. The first-order valence-corrected chi connectivity index (χ1v) is 7.27. The van der Waals surface area contributed by atoms with Gasteiger partial charge in [0.1, 0.15) is 11.5 Å². The zero-order chi connectivity index (χ0) is 15.1. The Morgan fingerprint density at radius 2 is 2.10 bits per heavy atom. The minimum atomic E-state index is -4.84. The zero-order valence-electron chi connectivity index (χ0n) is 10.2. The molecule has 20 heavy (non-hydrogen) atoms. The van der Waals surface area contributed by atoms with Gasteiger partial charge in [0.2, 0.25) is 5.43 Å². The number of nitrogens with zero attached hydrogens (tertiary/aromatic N) is 1. The molecule has 1 aromatic carbocycles. The van der Waals surface area contributed by atoms with Crippen molar-refractivity contribution in [3.63, 3.8) is 0 Å². The molecule has 0 radical (unpaired) electrons. The number of hydrogen-bond donors (Lipinski definition) is 1. The number of pyridine rings is 1. The van der Waals surface area contributed by atoms with Crippen LogP contribution in [0.15, 0.2) is 23.1 Å². The summed E-state index contributed by atoms with van der Waals surface area (Å²) in [7, 11) is -4.84. The summed E-state index contributed by atoms with van der Waals surface area (Å²) in [5.74, 6) is -0.805. The van der Waals surface area contributed by atoms with Crippen LogP contribution in [0, 0.1) is 5.82 Å². The number of aryl methyl sites for hydroxylation is 1. The van der Waals surface area contributed by atoms with Crippen molar-refractivity contribution in [2.75, 3.05) is 4.72 Å².